The second-order valence-corrected chi connectivity index (χ2v) is 5.20. The van der Waals surface area contributed by atoms with Crippen LogP contribution < -0.4 is 0 Å². The van der Waals surface area contributed by atoms with Gasteiger partial charge in [0, 0.05) is 13.0 Å². The molecule has 0 aromatic rings. The molecule has 0 radical (unpaired) electrons. The van der Waals surface area contributed by atoms with Crippen LogP contribution in [0, 0.1) is 0 Å². The summed E-state index contributed by atoms with van der Waals surface area (Å²) in [5.74, 6) is -0.176. The molecule has 1 fully saturated rings. The number of hydrogen-bond acceptors (Lipinski definition) is 3. The maximum Gasteiger partial charge on any atom is 0.335 e. The zero-order valence-corrected chi connectivity index (χ0v) is 13.4. The monoisotopic (exact) mass is 284 g/mol. The van der Waals surface area contributed by atoms with E-state index in [9.17, 15) is 4.79 Å². The Morgan fingerprint density at radius 1 is 1.20 bits per heavy atom. The van der Waals surface area contributed by atoms with Gasteiger partial charge in [-0.3, -0.25) is 0 Å². The van der Waals surface area contributed by atoms with Crippen LogP contribution in [0.5, 0.6) is 0 Å². The van der Waals surface area contributed by atoms with E-state index >= 15 is 0 Å². The Morgan fingerprint density at radius 3 is 2.25 bits per heavy atom. The van der Waals surface area contributed by atoms with Crippen LogP contribution in [0.25, 0.3) is 0 Å². The molecule has 1 saturated heterocycles. The minimum atomic E-state index is -0.278. The Balaban J connectivity index is 0.00000110. The van der Waals surface area contributed by atoms with Crippen molar-refractivity contribution < 1.29 is 14.3 Å². The third-order valence-electron chi connectivity index (χ3n) is 3.20. The van der Waals surface area contributed by atoms with E-state index in [0.717, 1.165) is 12.8 Å². The van der Waals surface area contributed by atoms with Crippen molar-refractivity contribution in [2.75, 3.05) is 13.2 Å². The van der Waals surface area contributed by atoms with Gasteiger partial charge in [-0.15, -0.1) is 6.58 Å². The largest absolute Gasteiger partial charge is 0.464 e. The fraction of sp³-hybridized carbons (Fsp3) is 0.824. The van der Waals surface area contributed by atoms with Crippen LogP contribution in [0.15, 0.2) is 12.7 Å². The number of ether oxygens (including phenoxy) is 2. The predicted molar refractivity (Wildman–Crippen MR) is 83.8 cm³/mol. The molecule has 1 heterocycles. The molecule has 0 N–H and O–H groups in total. The highest BCUT2D eigenvalue weighted by Gasteiger charge is 2.26. The number of carbonyl (C=O) groups is 1. The summed E-state index contributed by atoms with van der Waals surface area (Å²) in [7, 11) is 0. The molecule has 0 aliphatic carbocycles. The van der Waals surface area contributed by atoms with Gasteiger partial charge in [-0.05, 0) is 13.3 Å². The summed E-state index contributed by atoms with van der Waals surface area (Å²) in [6.45, 7) is 8.72. The standard InChI is InChI=1S/C14H26O3.C3H6/c1-2-3-4-5-6-7-8-9-11-16-13-10-12-17-14(13)15;1-3-2/h13H,2-12H2,1H3;3H,1H2,2H3. The number of unbranched alkanes of at least 4 members (excludes halogenated alkanes) is 7. The summed E-state index contributed by atoms with van der Waals surface area (Å²) in [6, 6.07) is 0. The van der Waals surface area contributed by atoms with Crippen molar-refractivity contribution in [2.45, 2.75) is 77.7 Å². The number of carbonyl (C=O) groups excluding carboxylic acids is 1. The number of cyclic esters (lactones) is 1. The van der Waals surface area contributed by atoms with E-state index in [1.807, 2.05) is 6.92 Å². The smallest absolute Gasteiger partial charge is 0.335 e. The third-order valence-corrected chi connectivity index (χ3v) is 3.20. The lowest BCUT2D eigenvalue weighted by Gasteiger charge is -2.07. The van der Waals surface area contributed by atoms with Gasteiger partial charge in [0.2, 0.25) is 0 Å². The van der Waals surface area contributed by atoms with Crippen molar-refractivity contribution in [1.82, 2.24) is 0 Å². The van der Waals surface area contributed by atoms with Gasteiger partial charge >= 0.3 is 5.97 Å². The summed E-state index contributed by atoms with van der Waals surface area (Å²) in [5, 5.41) is 0. The second kappa shape index (κ2) is 14.6. The van der Waals surface area contributed by atoms with Crippen molar-refractivity contribution in [2.24, 2.45) is 0 Å². The van der Waals surface area contributed by atoms with Crippen molar-refractivity contribution in [1.29, 1.82) is 0 Å². The van der Waals surface area contributed by atoms with E-state index in [4.69, 9.17) is 9.47 Å². The van der Waals surface area contributed by atoms with Gasteiger partial charge in [0.25, 0.3) is 0 Å². The zero-order valence-electron chi connectivity index (χ0n) is 13.4. The molecular weight excluding hydrogens is 252 g/mol. The second-order valence-electron chi connectivity index (χ2n) is 5.20. The lowest BCUT2D eigenvalue weighted by molar-refractivity contribution is -0.147. The van der Waals surface area contributed by atoms with E-state index in [1.54, 1.807) is 6.08 Å². The highest BCUT2D eigenvalue weighted by molar-refractivity contribution is 5.76. The van der Waals surface area contributed by atoms with Crippen LogP contribution in [-0.2, 0) is 14.3 Å². The molecule has 1 aliphatic heterocycles. The van der Waals surface area contributed by atoms with Gasteiger partial charge in [0.15, 0.2) is 6.10 Å². The van der Waals surface area contributed by atoms with Gasteiger partial charge in [-0.2, -0.15) is 0 Å². The molecule has 0 spiro atoms. The van der Waals surface area contributed by atoms with E-state index in [-0.39, 0.29) is 12.1 Å². The average Bonchev–Trinajstić information content (AvgIpc) is 2.83. The van der Waals surface area contributed by atoms with Crippen molar-refractivity contribution in [3.63, 3.8) is 0 Å². The molecule has 0 saturated carbocycles. The molecule has 0 aromatic carbocycles. The maximum atomic E-state index is 11.1. The first kappa shape index (κ1) is 19.2. The highest BCUT2D eigenvalue weighted by atomic mass is 16.6. The van der Waals surface area contributed by atoms with E-state index in [2.05, 4.69) is 13.5 Å². The Hall–Kier alpha value is -0.830. The first-order valence-corrected chi connectivity index (χ1v) is 8.11. The maximum absolute atomic E-state index is 11.1. The number of rotatable bonds is 10. The fourth-order valence-corrected chi connectivity index (χ4v) is 2.09. The van der Waals surface area contributed by atoms with Crippen LogP contribution in [0.1, 0.15) is 71.6 Å². The Labute approximate surface area is 124 Å². The predicted octanol–water partition coefficient (Wildman–Crippen LogP) is 4.65. The Bertz CT molecular complexity index is 238. The summed E-state index contributed by atoms with van der Waals surface area (Å²) in [4.78, 5) is 11.1. The molecule has 0 bridgehead atoms. The minimum Gasteiger partial charge on any atom is -0.464 e. The van der Waals surface area contributed by atoms with Crippen LogP contribution in [-0.4, -0.2) is 25.3 Å². The number of allylic oxidation sites excluding steroid dienone is 1. The van der Waals surface area contributed by atoms with E-state index in [0.29, 0.717) is 13.2 Å². The molecule has 0 aromatic heterocycles. The van der Waals surface area contributed by atoms with E-state index in [1.165, 1.54) is 44.9 Å². The molecule has 1 aliphatic rings. The van der Waals surface area contributed by atoms with Crippen molar-refractivity contribution in [3.8, 4) is 0 Å². The molecule has 1 unspecified atom stereocenters. The van der Waals surface area contributed by atoms with Crippen LogP contribution >= 0.6 is 0 Å². The quantitative estimate of drug-likeness (QED) is 0.333. The minimum absolute atomic E-state index is 0.176. The molecule has 3 nitrogen and oxygen atoms in total. The molecule has 118 valence electrons. The molecule has 1 atom stereocenters. The Morgan fingerprint density at radius 2 is 1.75 bits per heavy atom. The van der Waals surface area contributed by atoms with Crippen LogP contribution in [0.3, 0.4) is 0 Å². The normalized spacial score (nSPS) is 17.3. The van der Waals surface area contributed by atoms with Crippen molar-refractivity contribution >= 4 is 5.97 Å². The third kappa shape index (κ3) is 11.0. The number of esters is 1. The summed E-state index contributed by atoms with van der Waals surface area (Å²) >= 11 is 0. The summed E-state index contributed by atoms with van der Waals surface area (Å²) < 4.78 is 10.3. The summed E-state index contributed by atoms with van der Waals surface area (Å²) in [6.07, 6.45) is 12.5. The number of hydrogen-bond donors (Lipinski definition) is 0. The average molecular weight is 284 g/mol. The molecule has 20 heavy (non-hydrogen) atoms. The lowest BCUT2D eigenvalue weighted by Crippen LogP contribution is -2.18. The van der Waals surface area contributed by atoms with E-state index < -0.39 is 0 Å². The van der Waals surface area contributed by atoms with Gasteiger partial charge in [0.05, 0.1) is 6.61 Å². The first-order valence-electron chi connectivity index (χ1n) is 8.11. The molecule has 0 amide bonds. The zero-order chi connectivity index (χ0) is 15.1. The summed E-state index contributed by atoms with van der Waals surface area (Å²) in [5.41, 5.74) is 0. The van der Waals surface area contributed by atoms with Gasteiger partial charge < -0.3 is 9.47 Å². The lowest BCUT2D eigenvalue weighted by atomic mass is 10.1. The molecule has 1 rings (SSSR count). The first-order chi connectivity index (χ1) is 9.76. The van der Waals surface area contributed by atoms with Gasteiger partial charge in [0.1, 0.15) is 0 Å². The Kier molecular flexibility index (Phi) is 14.0. The molecular formula is C17H32O3. The van der Waals surface area contributed by atoms with Gasteiger partial charge in [-0.1, -0.05) is 57.9 Å². The molecule has 3 heteroatoms. The van der Waals surface area contributed by atoms with Gasteiger partial charge in [-0.25, -0.2) is 4.79 Å². The van der Waals surface area contributed by atoms with Crippen LogP contribution in [0.4, 0.5) is 0 Å². The van der Waals surface area contributed by atoms with Crippen LogP contribution in [0.2, 0.25) is 0 Å². The highest BCUT2D eigenvalue weighted by Crippen LogP contribution is 2.12. The topological polar surface area (TPSA) is 35.5 Å². The van der Waals surface area contributed by atoms with Crippen molar-refractivity contribution in [3.05, 3.63) is 12.7 Å². The fourth-order valence-electron chi connectivity index (χ4n) is 2.09. The SMILES string of the molecule is C=CC.CCCCCCCCCCOC1CCOC1=O.